The summed E-state index contributed by atoms with van der Waals surface area (Å²) in [4.78, 5) is 17.7. The van der Waals surface area contributed by atoms with Crippen molar-refractivity contribution in [2.24, 2.45) is 0 Å². The third-order valence-corrected chi connectivity index (χ3v) is 5.55. The number of hydrogen-bond acceptors (Lipinski definition) is 6. The Morgan fingerprint density at radius 1 is 1.50 bits per heavy atom. The van der Waals surface area contributed by atoms with E-state index in [1.807, 2.05) is 20.1 Å². The average molecular weight is 273 g/mol. The van der Waals surface area contributed by atoms with Crippen LogP contribution in [0.4, 0.5) is 0 Å². The number of hydrogen-bond donors (Lipinski definition) is 0. The van der Waals surface area contributed by atoms with Gasteiger partial charge >= 0.3 is 5.97 Å². The highest BCUT2D eigenvalue weighted by Gasteiger charge is 2.19. The Kier molecular flexibility index (Phi) is 3.51. The number of aryl methyl sites for hydroxylation is 1. The summed E-state index contributed by atoms with van der Waals surface area (Å²) in [6.45, 7) is 4.17. The molecule has 0 aliphatic heterocycles. The number of ether oxygens (including phenoxy) is 1. The van der Waals surface area contributed by atoms with E-state index >= 15 is 0 Å². The smallest absolute Gasteiger partial charge is 0.348 e. The Morgan fingerprint density at radius 3 is 2.81 bits per heavy atom. The number of aromatic nitrogens is 1. The lowest BCUT2D eigenvalue weighted by Crippen LogP contribution is -2.03. The number of fused-ring (bicyclic) bond motifs is 1. The van der Waals surface area contributed by atoms with Crippen LogP contribution in [0, 0.1) is 6.92 Å². The van der Waals surface area contributed by atoms with Crippen molar-refractivity contribution >= 4 is 49.9 Å². The molecule has 2 aromatic rings. The maximum Gasteiger partial charge on any atom is 0.348 e. The molecule has 86 valence electrons. The van der Waals surface area contributed by atoms with Gasteiger partial charge < -0.3 is 4.74 Å². The zero-order chi connectivity index (χ0) is 11.7. The van der Waals surface area contributed by atoms with Crippen LogP contribution in [0.3, 0.4) is 0 Å². The highest BCUT2D eigenvalue weighted by atomic mass is 32.2. The third kappa shape index (κ3) is 1.97. The molecule has 0 aliphatic rings. The predicted molar refractivity (Wildman–Crippen MR) is 70.0 cm³/mol. The number of esters is 1. The van der Waals surface area contributed by atoms with Crippen LogP contribution in [0.5, 0.6) is 0 Å². The SMILES string of the molecule is CCOC(=O)c1sc2nc(SC)sc2c1C. The summed E-state index contributed by atoms with van der Waals surface area (Å²) in [5, 5.41) is 0. The molecule has 2 heterocycles. The molecule has 0 aliphatic carbocycles. The van der Waals surface area contributed by atoms with E-state index in [0.717, 1.165) is 19.4 Å². The summed E-state index contributed by atoms with van der Waals surface area (Å²) in [5.74, 6) is -0.235. The molecule has 0 saturated heterocycles. The summed E-state index contributed by atoms with van der Waals surface area (Å²) in [7, 11) is 0. The summed E-state index contributed by atoms with van der Waals surface area (Å²) in [5.41, 5.74) is 0.997. The van der Waals surface area contributed by atoms with Crippen LogP contribution in [0.1, 0.15) is 22.2 Å². The lowest BCUT2D eigenvalue weighted by molar-refractivity contribution is 0.0531. The highest BCUT2D eigenvalue weighted by Crippen LogP contribution is 2.37. The molecular formula is C10H11NO2S3. The van der Waals surface area contributed by atoms with Crippen molar-refractivity contribution in [2.45, 2.75) is 18.2 Å². The zero-order valence-corrected chi connectivity index (χ0v) is 11.6. The second-order valence-electron chi connectivity index (χ2n) is 3.09. The van der Waals surface area contributed by atoms with E-state index in [-0.39, 0.29) is 5.97 Å². The van der Waals surface area contributed by atoms with Gasteiger partial charge in [0.15, 0.2) is 4.34 Å². The molecular weight excluding hydrogens is 262 g/mol. The monoisotopic (exact) mass is 273 g/mol. The molecule has 0 saturated carbocycles. The summed E-state index contributed by atoms with van der Waals surface area (Å²) in [6, 6.07) is 0. The summed E-state index contributed by atoms with van der Waals surface area (Å²) < 4.78 is 7.16. The van der Waals surface area contributed by atoms with Crippen LogP contribution in [0.2, 0.25) is 0 Å². The Bertz CT molecular complexity index is 529. The van der Waals surface area contributed by atoms with Gasteiger partial charge in [-0.3, -0.25) is 0 Å². The third-order valence-electron chi connectivity index (χ3n) is 2.09. The molecule has 0 fully saturated rings. The van der Waals surface area contributed by atoms with Crippen LogP contribution in [-0.2, 0) is 4.74 Å². The predicted octanol–water partition coefficient (Wildman–Crippen LogP) is 3.56. The minimum atomic E-state index is -0.235. The Balaban J connectivity index is 2.45. The van der Waals surface area contributed by atoms with E-state index in [0.29, 0.717) is 11.5 Å². The molecule has 6 heteroatoms. The topological polar surface area (TPSA) is 39.2 Å². The van der Waals surface area contributed by atoms with Gasteiger partial charge in [-0.15, -0.1) is 22.7 Å². The molecule has 16 heavy (non-hydrogen) atoms. The van der Waals surface area contributed by atoms with E-state index in [4.69, 9.17) is 4.74 Å². The number of carbonyl (C=O) groups excluding carboxylic acids is 1. The van der Waals surface area contributed by atoms with Crippen molar-refractivity contribution in [3.05, 3.63) is 10.4 Å². The first-order chi connectivity index (χ1) is 7.67. The second kappa shape index (κ2) is 4.73. The van der Waals surface area contributed by atoms with Gasteiger partial charge in [-0.05, 0) is 25.7 Å². The molecule has 3 nitrogen and oxygen atoms in total. The molecule has 0 spiro atoms. The zero-order valence-electron chi connectivity index (χ0n) is 9.20. The molecule has 0 aromatic carbocycles. The van der Waals surface area contributed by atoms with Gasteiger partial charge in [0, 0.05) is 0 Å². The number of thiazole rings is 1. The number of nitrogens with zero attached hydrogens (tertiary/aromatic N) is 1. The van der Waals surface area contributed by atoms with Gasteiger partial charge in [0.05, 0.1) is 11.3 Å². The van der Waals surface area contributed by atoms with E-state index in [1.165, 1.54) is 11.3 Å². The van der Waals surface area contributed by atoms with E-state index < -0.39 is 0 Å². The quantitative estimate of drug-likeness (QED) is 0.633. The van der Waals surface area contributed by atoms with Crippen molar-refractivity contribution in [1.82, 2.24) is 4.98 Å². The van der Waals surface area contributed by atoms with Crippen LogP contribution < -0.4 is 0 Å². The van der Waals surface area contributed by atoms with Crippen LogP contribution >= 0.6 is 34.4 Å². The lowest BCUT2D eigenvalue weighted by Gasteiger charge is -1.98. The van der Waals surface area contributed by atoms with Crippen molar-refractivity contribution in [2.75, 3.05) is 12.9 Å². The second-order valence-corrected chi connectivity index (χ2v) is 6.15. The summed E-state index contributed by atoms with van der Waals surface area (Å²) in [6.07, 6.45) is 2.00. The molecule has 0 N–H and O–H groups in total. The number of carbonyl (C=O) groups is 1. The van der Waals surface area contributed by atoms with Crippen molar-refractivity contribution in [1.29, 1.82) is 0 Å². The minimum absolute atomic E-state index is 0.235. The number of rotatable bonds is 3. The first-order valence-corrected chi connectivity index (χ1v) is 7.64. The van der Waals surface area contributed by atoms with Gasteiger partial charge in [-0.25, -0.2) is 9.78 Å². The van der Waals surface area contributed by atoms with Gasteiger partial charge in [-0.1, -0.05) is 11.8 Å². The lowest BCUT2D eigenvalue weighted by atomic mass is 10.3. The number of thioether (sulfide) groups is 1. The fourth-order valence-electron chi connectivity index (χ4n) is 1.35. The van der Waals surface area contributed by atoms with Crippen LogP contribution in [0.15, 0.2) is 4.34 Å². The standard InChI is InChI=1S/C10H11NO2S3/c1-4-13-9(12)7-5(2)6-8(15-7)11-10(14-3)16-6/h4H2,1-3H3. The van der Waals surface area contributed by atoms with Crippen LogP contribution in [0.25, 0.3) is 9.53 Å². The van der Waals surface area contributed by atoms with Crippen molar-refractivity contribution in [3.8, 4) is 0 Å². The summed E-state index contributed by atoms with van der Waals surface area (Å²) >= 11 is 4.68. The fourth-order valence-corrected chi connectivity index (χ4v) is 4.22. The van der Waals surface area contributed by atoms with Gasteiger partial charge in [0.25, 0.3) is 0 Å². The normalized spacial score (nSPS) is 10.9. The Morgan fingerprint density at radius 2 is 2.25 bits per heavy atom. The molecule has 2 rings (SSSR count). The largest absolute Gasteiger partial charge is 0.462 e. The molecule has 0 atom stereocenters. The average Bonchev–Trinajstić information content (AvgIpc) is 2.79. The maximum atomic E-state index is 11.6. The van der Waals surface area contributed by atoms with Crippen LogP contribution in [-0.4, -0.2) is 23.8 Å². The first-order valence-electron chi connectivity index (χ1n) is 4.78. The Hall–Kier alpha value is -0.590. The number of thiophene rings is 1. The Labute approximate surface area is 106 Å². The van der Waals surface area contributed by atoms with Gasteiger partial charge in [0.1, 0.15) is 9.71 Å². The molecule has 2 aromatic heterocycles. The van der Waals surface area contributed by atoms with E-state index in [2.05, 4.69) is 4.98 Å². The minimum Gasteiger partial charge on any atom is -0.462 e. The fraction of sp³-hybridized carbons (Fsp3) is 0.400. The van der Waals surface area contributed by atoms with E-state index in [9.17, 15) is 4.79 Å². The van der Waals surface area contributed by atoms with Gasteiger partial charge in [0.2, 0.25) is 0 Å². The highest BCUT2D eigenvalue weighted by molar-refractivity contribution is 8.00. The maximum absolute atomic E-state index is 11.6. The van der Waals surface area contributed by atoms with Crippen molar-refractivity contribution in [3.63, 3.8) is 0 Å². The molecule has 0 radical (unpaired) electrons. The molecule has 0 bridgehead atoms. The molecule has 0 amide bonds. The van der Waals surface area contributed by atoms with Gasteiger partial charge in [-0.2, -0.15) is 0 Å². The van der Waals surface area contributed by atoms with Crippen molar-refractivity contribution < 1.29 is 9.53 Å². The first kappa shape index (κ1) is 11.9. The molecule has 0 unspecified atom stereocenters. The van der Waals surface area contributed by atoms with E-state index in [1.54, 1.807) is 23.1 Å².